The van der Waals surface area contributed by atoms with Gasteiger partial charge >= 0.3 is 5.97 Å². The minimum atomic E-state index is -0.897. The Balaban J connectivity index is 1.56. The van der Waals surface area contributed by atoms with Crippen molar-refractivity contribution in [3.63, 3.8) is 0 Å². The lowest BCUT2D eigenvalue weighted by molar-refractivity contribution is -0.384. The van der Waals surface area contributed by atoms with Crippen LogP contribution in [0.1, 0.15) is 20.0 Å². The SMILES string of the molecule is O=C(COC(=O)c1ccc(N2CCOCC2)c([N+](=O)[O-])c1)NNC(=O)c1cccs1. The van der Waals surface area contributed by atoms with Crippen molar-refractivity contribution in [1.82, 2.24) is 10.9 Å². The van der Waals surface area contributed by atoms with Gasteiger partial charge < -0.3 is 14.4 Å². The average molecular weight is 434 g/mol. The van der Waals surface area contributed by atoms with E-state index in [0.717, 1.165) is 6.07 Å². The normalized spacial score (nSPS) is 13.4. The summed E-state index contributed by atoms with van der Waals surface area (Å²) in [6.07, 6.45) is 0. The number of amides is 2. The Morgan fingerprint density at radius 1 is 1.20 bits per heavy atom. The molecule has 2 aromatic rings. The Morgan fingerprint density at radius 3 is 2.63 bits per heavy atom. The van der Waals surface area contributed by atoms with Gasteiger partial charge in [0, 0.05) is 19.2 Å². The number of hydrogen-bond donors (Lipinski definition) is 2. The number of hydrazine groups is 1. The van der Waals surface area contributed by atoms with E-state index in [2.05, 4.69) is 10.9 Å². The number of nitrogens with zero attached hydrogens (tertiary/aromatic N) is 2. The van der Waals surface area contributed by atoms with Gasteiger partial charge in [0.1, 0.15) is 5.69 Å². The van der Waals surface area contributed by atoms with Gasteiger partial charge in [0.05, 0.1) is 28.6 Å². The van der Waals surface area contributed by atoms with E-state index in [1.54, 1.807) is 22.4 Å². The van der Waals surface area contributed by atoms with E-state index < -0.39 is 29.3 Å². The lowest BCUT2D eigenvalue weighted by Gasteiger charge is -2.28. The molecule has 12 heteroatoms. The van der Waals surface area contributed by atoms with E-state index in [9.17, 15) is 24.5 Å². The molecule has 158 valence electrons. The van der Waals surface area contributed by atoms with Gasteiger partial charge in [0.2, 0.25) is 0 Å². The molecule has 3 rings (SSSR count). The molecule has 2 heterocycles. The predicted octanol–water partition coefficient (Wildman–Crippen LogP) is 1.11. The number of rotatable bonds is 6. The number of benzene rings is 1. The Morgan fingerprint density at radius 2 is 1.97 bits per heavy atom. The Hall–Kier alpha value is -3.51. The lowest BCUT2D eigenvalue weighted by atomic mass is 10.1. The minimum absolute atomic E-state index is 0.0610. The van der Waals surface area contributed by atoms with Gasteiger partial charge in [0.15, 0.2) is 6.61 Å². The summed E-state index contributed by atoms with van der Waals surface area (Å²) in [6, 6.07) is 7.26. The van der Waals surface area contributed by atoms with E-state index in [0.29, 0.717) is 36.9 Å². The molecule has 0 bridgehead atoms. The van der Waals surface area contributed by atoms with Crippen LogP contribution < -0.4 is 15.8 Å². The van der Waals surface area contributed by atoms with Crippen LogP contribution in [0.5, 0.6) is 0 Å². The van der Waals surface area contributed by atoms with Crippen LogP contribution in [0, 0.1) is 10.1 Å². The Labute approximate surface area is 174 Å². The van der Waals surface area contributed by atoms with E-state index in [4.69, 9.17) is 9.47 Å². The van der Waals surface area contributed by atoms with Gasteiger partial charge in [-0.05, 0) is 23.6 Å². The first-order chi connectivity index (χ1) is 14.5. The van der Waals surface area contributed by atoms with Crippen LogP contribution >= 0.6 is 11.3 Å². The molecule has 0 radical (unpaired) electrons. The molecule has 2 amide bonds. The van der Waals surface area contributed by atoms with Crippen molar-refractivity contribution in [2.24, 2.45) is 0 Å². The molecule has 0 aliphatic carbocycles. The summed E-state index contributed by atoms with van der Waals surface area (Å²) in [5.41, 5.74) is 4.40. The zero-order chi connectivity index (χ0) is 21.5. The number of carbonyl (C=O) groups is 3. The number of esters is 1. The van der Waals surface area contributed by atoms with Gasteiger partial charge in [0.25, 0.3) is 17.5 Å². The number of carbonyl (C=O) groups excluding carboxylic acids is 3. The lowest BCUT2D eigenvalue weighted by Crippen LogP contribution is -2.43. The molecule has 2 N–H and O–H groups in total. The molecule has 1 aromatic heterocycles. The van der Waals surface area contributed by atoms with Crippen molar-refractivity contribution in [3.8, 4) is 0 Å². The zero-order valence-electron chi connectivity index (χ0n) is 15.7. The summed E-state index contributed by atoms with van der Waals surface area (Å²) in [6.45, 7) is 1.25. The van der Waals surface area contributed by atoms with Crippen molar-refractivity contribution < 1.29 is 28.8 Å². The third kappa shape index (κ3) is 5.30. The molecule has 30 heavy (non-hydrogen) atoms. The highest BCUT2D eigenvalue weighted by Crippen LogP contribution is 2.30. The number of morpholine rings is 1. The molecular weight excluding hydrogens is 416 g/mol. The van der Waals surface area contributed by atoms with Crippen LogP contribution in [0.4, 0.5) is 11.4 Å². The van der Waals surface area contributed by atoms with Crippen molar-refractivity contribution in [2.45, 2.75) is 0 Å². The van der Waals surface area contributed by atoms with Gasteiger partial charge in [-0.2, -0.15) is 0 Å². The molecule has 0 atom stereocenters. The maximum atomic E-state index is 12.2. The van der Waals surface area contributed by atoms with Gasteiger partial charge in [-0.1, -0.05) is 6.07 Å². The molecule has 1 aliphatic heterocycles. The Bertz CT molecular complexity index is 942. The smallest absolute Gasteiger partial charge is 0.338 e. The van der Waals surface area contributed by atoms with Crippen molar-refractivity contribution in [3.05, 3.63) is 56.3 Å². The first-order valence-electron chi connectivity index (χ1n) is 8.86. The number of hydrogen-bond acceptors (Lipinski definition) is 9. The minimum Gasteiger partial charge on any atom is -0.452 e. The first-order valence-corrected chi connectivity index (χ1v) is 9.74. The largest absolute Gasteiger partial charge is 0.452 e. The second-order valence-electron chi connectivity index (χ2n) is 6.12. The van der Waals surface area contributed by atoms with Crippen LogP contribution in [0.25, 0.3) is 0 Å². The number of ether oxygens (including phenoxy) is 2. The molecule has 0 saturated carbocycles. The van der Waals surface area contributed by atoms with Gasteiger partial charge in [-0.25, -0.2) is 4.79 Å². The number of anilines is 1. The molecule has 11 nitrogen and oxygen atoms in total. The maximum Gasteiger partial charge on any atom is 0.338 e. The summed E-state index contributed by atoms with van der Waals surface area (Å²) in [7, 11) is 0. The maximum absolute atomic E-state index is 12.2. The molecule has 1 fully saturated rings. The van der Waals surface area contributed by atoms with Gasteiger partial charge in [-0.3, -0.25) is 30.6 Å². The van der Waals surface area contributed by atoms with E-state index in [-0.39, 0.29) is 11.3 Å². The highest BCUT2D eigenvalue weighted by Gasteiger charge is 2.24. The highest BCUT2D eigenvalue weighted by molar-refractivity contribution is 7.12. The quantitative estimate of drug-likeness (QED) is 0.391. The fraction of sp³-hybridized carbons (Fsp3) is 0.278. The zero-order valence-corrected chi connectivity index (χ0v) is 16.5. The monoisotopic (exact) mass is 434 g/mol. The summed E-state index contributed by atoms with van der Waals surface area (Å²) < 4.78 is 10.1. The number of thiophene rings is 1. The fourth-order valence-electron chi connectivity index (χ4n) is 2.71. The molecule has 0 unspecified atom stereocenters. The standard InChI is InChI=1S/C18H18N4O7S/c23-16(19-20-17(24)15-2-1-9-30-15)11-29-18(25)12-3-4-13(14(10-12)22(26)27)21-5-7-28-8-6-21/h1-4,9-10H,5-8,11H2,(H,19,23)(H,20,24). The Kier molecular flexibility index (Phi) is 6.93. The fourth-order valence-corrected chi connectivity index (χ4v) is 3.33. The summed E-state index contributed by atoms with van der Waals surface area (Å²) in [4.78, 5) is 48.8. The van der Waals surface area contributed by atoms with Crippen LogP contribution in [-0.4, -0.2) is 55.6 Å². The van der Waals surface area contributed by atoms with Crippen LogP contribution in [-0.2, 0) is 14.3 Å². The average Bonchev–Trinajstić information content (AvgIpc) is 3.31. The van der Waals surface area contributed by atoms with Crippen LogP contribution in [0.3, 0.4) is 0 Å². The summed E-state index contributed by atoms with van der Waals surface area (Å²) in [5, 5.41) is 13.2. The second kappa shape index (κ2) is 9.80. The van der Waals surface area contributed by atoms with Crippen molar-refractivity contribution in [1.29, 1.82) is 0 Å². The topological polar surface area (TPSA) is 140 Å². The molecule has 1 aromatic carbocycles. The van der Waals surface area contributed by atoms with E-state index >= 15 is 0 Å². The van der Waals surface area contributed by atoms with Crippen LogP contribution in [0.2, 0.25) is 0 Å². The molecule has 1 aliphatic rings. The third-order valence-electron chi connectivity index (χ3n) is 4.15. The number of nitro benzene ring substituents is 1. The van der Waals surface area contributed by atoms with Crippen LogP contribution in [0.15, 0.2) is 35.7 Å². The number of nitro groups is 1. The second-order valence-corrected chi connectivity index (χ2v) is 7.06. The third-order valence-corrected chi connectivity index (χ3v) is 5.02. The van der Waals surface area contributed by atoms with Crippen molar-refractivity contribution in [2.75, 3.05) is 37.8 Å². The predicted molar refractivity (Wildman–Crippen MR) is 106 cm³/mol. The molecule has 1 saturated heterocycles. The summed E-state index contributed by atoms with van der Waals surface area (Å²) >= 11 is 1.20. The molecule has 0 spiro atoms. The van der Waals surface area contributed by atoms with E-state index in [1.165, 1.54) is 23.5 Å². The summed E-state index contributed by atoms with van der Waals surface area (Å²) in [5.74, 6) is -2.15. The van der Waals surface area contributed by atoms with Crippen molar-refractivity contribution >= 4 is 40.5 Å². The van der Waals surface area contributed by atoms with E-state index in [1.807, 2.05) is 0 Å². The number of nitrogens with one attached hydrogen (secondary N) is 2. The van der Waals surface area contributed by atoms with Gasteiger partial charge in [-0.15, -0.1) is 11.3 Å². The highest BCUT2D eigenvalue weighted by atomic mass is 32.1. The first kappa shape index (κ1) is 21.2. The molecular formula is C18H18N4O7S.